The van der Waals surface area contributed by atoms with Crippen LogP contribution in [-0.2, 0) is 4.43 Å². The van der Waals surface area contributed by atoms with Crippen LogP contribution in [-0.4, -0.2) is 14.5 Å². The minimum absolute atomic E-state index is 0.510. The number of rotatable bonds is 2. The first-order valence-corrected chi connectivity index (χ1v) is 7.84. The summed E-state index contributed by atoms with van der Waals surface area (Å²) in [6.07, 6.45) is -0.615. The second-order valence-corrected chi connectivity index (χ2v) is 8.31. The van der Waals surface area contributed by atoms with Crippen molar-refractivity contribution in [3.05, 3.63) is 30.3 Å². The summed E-state index contributed by atoms with van der Waals surface area (Å²) in [6.45, 7) is 5.79. The Hall–Kier alpha value is -1.29. The molecule has 0 saturated carbocycles. The second kappa shape index (κ2) is 4.28. The van der Waals surface area contributed by atoms with Crippen molar-refractivity contribution in [2.45, 2.75) is 19.6 Å². The summed E-state index contributed by atoms with van der Waals surface area (Å²) in [4.78, 5) is 11.2. The van der Waals surface area contributed by atoms with Crippen molar-refractivity contribution in [3.8, 4) is 5.75 Å². The molecule has 0 N–H and O–H groups in total. The SMILES string of the molecule is C[Si](C)(C)OC(=O)Oc1ccccc1. The van der Waals surface area contributed by atoms with E-state index in [1.54, 1.807) is 24.3 Å². The first-order valence-electron chi connectivity index (χ1n) is 4.43. The lowest BCUT2D eigenvalue weighted by molar-refractivity contribution is 0.150. The molecule has 0 bridgehead atoms. The Bertz CT molecular complexity index is 303. The van der Waals surface area contributed by atoms with Crippen molar-refractivity contribution in [1.82, 2.24) is 0 Å². The molecule has 0 fully saturated rings. The van der Waals surface area contributed by atoms with Crippen LogP contribution in [0.5, 0.6) is 5.75 Å². The molecule has 0 heterocycles. The minimum atomic E-state index is -1.85. The largest absolute Gasteiger partial charge is 0.499 e. The topological polar surface area (TPSA) is 35.5 Å². The summed E-state index contributed by atoms with van der Waals surface area (Å²) in [5.41, 5.74) is 0. The number of hydrogen-bond donors (Lipinski definition) is 0. The van der Waals surface area contributed by atoms with Crippen LogP contribution in [0.25, 0.3) is 0 Å². The fourth-order valence-electron chi connectivity index (χ4n) is 0.856. The van der Waals surface area contributed by atoms with Gasteiger partial charge in [0.1, 0.15) is 5.75 Å². The number of benzene rings is 1. The molecule has 0 spiro atoms. The summed E-state index contributed by atoms with van der Waals surface area (Å²) in [6, 6.07) is 8.89. The van der Waals surface area contributed by atoms with Crippen molar-refractivity contribution in [2.24, 2.45) is 0 Å². The molecule has 0 aliphatic carbocycles. The fraction of sp³-hybridized carbons (Fsp3) is 0.300. The lowest BCUT2D eigenvalue weighted by atomic mass is 10.3. The van der Waals surface area contributed by atoms with Crippen molar-refractivity contribution in [3.63, 3.8) is 0 Å². The molecular formula is C10H14O3Si. The van der Waals surface area contributed by atoms with E-state index in [1.165, 1.54) is 0 Å². The van der Waals surface area contributed by atoms with Gasteiger partial charge < -0.3 is 9.16 Å². The molecule has 0 saturated heterocycles. The van der Waals surface area contributed by atoms with Crippen LogP contribution in [0.4, 0.5) is 4.79 Å². The molecule has 0 amide bonds. The maximum Gasteiger partial charge on any atom is 0.499 e. The summed E-state index contributed by atoms with van der Waals surface area (Å²) < 4.78 is 10.1. The van der Waals surface area contributed by atoms with E-state index in [0.29, 0.717) is 5.75 Å². The first-order chi connectivity index (χ1) is 6.47. The van der Waals surface area contributed by atoms with Crippen LogP contribution in [0.2, 0.25) is 19.6 Å². The van der Waals surface area contributed by atoms with E-state index < -0.39 is 14.5 Å². The van der Waals surface area contributed by atoms with Gasteiger partial charge in [-0.15, -0.1) is 0 Å². The predicted molar refractivity (Wildman–Crippen MR) is 56.9 cm³/mol. The predicted octanol–water partition coefficient (Wildman–Crippen LogP) is 3.04. The number of para-hydroxylation sites is 1. The summed E-state index contributed by atoms with van der Waals surface area (Å²) in [5.74, 6) is 0.510. The molecule has 3 nitrogen and oxygen atoms in total. The highest BCUT2D eigenvalue weighted by atomic mass is 28.4. The van der Waals surface area contributed by atoms with Crippen molar-refractivity contribution in [2.75, 3.05) is 0 Å². The molecule has 0 atom stereocenters. The van der Waals surface area contributed by atoms with E-state index in [0.717, 1.165) is 0 Å². The molecule has 1 aromatic rings. The first kappa shape index (κ1) is 10.8. The molecular weight excluding hydrogens is 196 g/mol. The molecule has 14 heavy (non-hydrogen) atoms. The van der Waals surface area contributed by atoms with Crippen molar-refractivity contribution in [1.29, 1.82) is 0 Å². The van der Waals surface area contributed by atoms with Gasteiger partial charge in [0.2, 0.25) is 0 Å². The van der Waals surface area contributed by atoms with Crippen molar-refractivity contribution >= 4 is 14.5 Å². The Labute approximate surface area is 84.8 Å². The number of hydrogen-bond acceptors (Lipinski definition) is 3. The highest BCUT2D eigenvalue weighted by Gasteiger charge is 2.21. The third-order valence-electron chi connectivity index (χ3n) is 1.33. The van der Waals surface area contributed by atoms with Gasteiger partial charge in [-0.25, -0.2) is 4.79 Å². The average Bonchev–Trinajstić information content (AvgIpc) is 2.02. The van der Waals surface area contributed by atoms with Crippen LogP contribution < -0.4 is 4.74 Å². The van der Waals surface area contributed by atoms with Gasteiger partial charge >= 0.3 is 6.16 Å². The molecule has 0 aliphatic rings. The Morgan fingerprint density at radius 2 is 1.71 bits per heavy atom. The van der Waals surface area contributed by atoms with Crippen LogP contribution in [0, 0.1) is 0 Å². The molecule has 76 valence electrons. The van der Waals surface area contributed by atoms with Gasteiger partial charge in [-0.05, 0) is 31.8 Å². The molecule has 1 rings (SSSR count). The summed E-state index contributed by atoms with van der Waals surface area (Å²) in [7, 11) is -1.85. The summed E-state index contributed by atoms with van der Waals surface area (Å²) in [5, 5.41) is 0. The molecule has 0 unspecified atom stereocenters. The van der Waals surface area contributed by atoms with Crippen LogP contribution in [0.1, 0.15) is 0 Å². The normalized spacial score (nSPS) is 10.8. The fourth-order valence-corrected chi connectivity index (χ4v) is 1.40. The molecule has 0 aliphatic heterocycles. The van der Waals surface area contributed by atoms with E-state index in [4.69, 9.17) is 9.16 Å². The van der Waals surface area contributed by atoms with Gasteiger partial charge in [0.25, 0.3) is 8.32 Å². The third kappa shape index (κ3) is 4.09. The van der Waals surface area contributed by atoms with E-state index >= 15 is 0 Å². The maximum atomic E-state index is 11.2. The lowest BCUT2D eigenvalue weighted by Crippen LogP contribution is -2.30. The Balaban J connectivity index is 2.50. The van der Waals surface area contributed by atoms with Gasteiger partial charge in [-0.1, -0.05) is 18.2 Å². The standard InChI is InChI=1S/C10H14O3Si/c1-14(2,3)13-10(11)12-9-7-5-4-6-8-9/h4-8H,1-3H3. The van der Waals surface area contributed by atoms with Gasteiger partial charge in [0.15, 0.2) is 0 Å². The number of ether oxygens (including phenoxy) is 1. The third-order valence-corrected chi connectivity index (χ3v) is 2.11. The van der Waals surface area contributed by atoms with E-state index in [-0.39, 0.29) is 0 Å². The van der Waals surface area contributed by atoms with Crippen LogP contribution in [0.3, 0.4) is 0 Å². The van der Waals surface area contributed by atoms with E-state index in [2.05, 4.69) is 0 Å². The van der Waals surface area contributed by atoms with E-state index in [9.17, 15) is 4.79 Å². The molecule has 0 aromatic heterocycles. The maximum absolute atomic E-state index is 11.2. The number of carbonyl (C=O) groups is 1. The highest BCUT2D eigenvalue weighted by Crippen LogP contribution is 2.11. The van der Waals surface area contributed by atoms with E-state index in [1.807, 2.05) is 25.7 Å². The minimum Gasteiger partial charge on any atom is -0.489 e. The summed E-state index contributed by atoms with van der Waals surface area (Å²) >= 11 is 0. The molecule has 4 heteroatoms. The Morgan fingerprint density at radius 1 is 1.14 bits per heavy atom. The van der Waals surface area contributed by atoms with Gasteiger partial charge in [0.05, 0.1) is 0 Å². The molecule has 1 aromatic carbocycles. The van der Waals surface area contributed by atoms with Crippen molar-refractivity contribution < 1.29 is 14.0 Å². The molecule has 0 radical (unpaired) electrons. The van der Waals surface area contributed by atoms with Gasteiger partial charge in [-0.2, -0.15) is 0 Å². The average molecular weight is 210 g/mol. The Kier molecular flexibility index (Phi) is 3.30. The highest BCUT2D eigenvalue weighted by molar-refractivity contribution is 6.71. The monoisotopic (exact) mass is 210 g/mol. The van der Waals surface area contributed by atoms with Crippen LogP contribution >= 0.6 is 0 Å². The zero-order valence-electron chi connectivity index (χ0n) is 8.61. The Morgan fingerprint density at radius 3 is 2.21 bits per heavy atom. The zero-order chi connectivity index (χ0) is 10.6. The van der Waals surface area contributed by atoms with Crippen LogP contribution in [0.15, 0.2) is 30.3 Å². The second-order valence-electron chi connectivity index (χ2n) is 3.88. The lowest BCUT2D eigenvalue weighted by Gasteiger charge is -2.16. The zero-order valence-corrected chi connectivity index (χ0v) is 9.61. The smallest absolute Gasteiger partial charge is 0.489 e. The quantitative estimate of drug-likeness (QED) is 0.427. The number of carbonyl (C=O) groups excluding carboxylic acids is 1. The van der Waals surface area contributed by atoms with Gasteiger partial charge in [-0.3, -0.25) is 0 Å². The van der Waals surface area contributed by atoms with Gasteiger partial charge in [0, 0.05) is 0 Å².